The van der Waals surface area contributed by atoms with E-state index in [0.29, 0.717) is 11.8 Å². The van der Waals surface area contributed by atoms with Crippen molar-refractivity contribution in [1.82, 2.24) is 15.0 Å². The number of aryl methyl sites for hydroxylation is 2. The summed E-state index contributed by atoms with van der Waals surface area (Å²) in [5, 5.41) is 1.22. The first-order valence-electron chi connectivity index (χ1n) is 6.92. The molecule has 0 aliphatic heterocycles. The van der Waals surface area contributed by atoms with Crippen LogP contribution in [0.25, 0.3) is 10.6 Å². The van der Waals surface area contributed by atoms with Crippen LogP contribution in [0.4, 0.5) is 0 Å². The summed E-state index contributed by atoms with van der Waals surface area (Å²) < 4.78 is 0. The Morgan fingerprint density at radius 3 is 2.53 bits per heavy atom. The van der Waals surface area contributed by atoms with Gasteiger partial charge in [-0.25, -0.2) is 15.0 Å². The average Bonchev–Trinajstić information content (AvgIpc) is 2.82. The van der Waals surface area contributed by atoms with Crippen LogP contribution in [0, 0.1) is 0 Å². The van der Waals surface area contributed by atoms with Crippen LogP contribution < -0.4 is 0 Å². The summed E-state index contributed by atoms with van der Waals surface area (Å²) in [7, 11) is 0. The Labute approximate surface area is 118 Å². The fourth-order valence-electron chi connectivity index (χ4n) is 2.30. The predicted octanol–water partition coefficient (Wildman–Crippen LogP) is 3.95. The molecule has 0 saturated carbocycles. The Hall–Kier alpha value is -1.29. The average molecular weight is 273 g/mol. The quantitative estimate of drug-likeness (QED) is 0.831. The molecule has 1 aliphatic rings. The van der Waals surface area contributed by atoms with E-state index in [1.165, 1.54) is 21.1 Å². The summed E-state index contributed by atoms with van der Waals surface area (Å²) in [4.78, 5) is 15.3. The van der Waals surface area contributed by atoms with Crippen molar-refractivity contribution in [1.29, 1.82) is 0 Å². The molecule has 0 fully saturated rings. The number of fused-ring (bicyclic) bond motifs is 3. The number of aromatic nitrogens is 3. The standard InChI is InChI=1S/C15H19N3S/c1-8(2)14-16-7-10-5-6-11-13(12(10)18-14)19-15(17-11)9(3)4/h7-9H,5-6H2,1-4H3. The normalized spacial score (nSPS) is 13.8. The van der Waals surface area contributed by atoms with E-state index in [1.807, 2.05) is 6.20 Å². The summed E-state index contributed by atoms with van der Waals surface area (Å²) in [6.07, 6.45) is 4.05. The molecule has 100 valence electrons. The van der Waals surface area contributed by atoms with Gasteiger partial charge >= 0.3 is 0 Å². The first kappa shape index (κ1) is 12.7. The molecule has 0 aromatic carbocycles. The van der Waals surface area contributed by atoms with Gasteiger partial charge in [-0.15, -0.1) is 11.3 Å². The number of nitrogens with zero attached hydrogens (tertiary/aromatic N) is 3. The molecule has 1 aliphatic carbocycles. The van der Waals surface area contributed by atoms with Gasteiger partial charge in [0, 0.05) is 18.0 Å². The highest BCUT2D eigenvalue weighted by atomic mass is 32.1. The Kier molecular flexibility index (Phi) is 3.13. The van der Waals surface area contributed by atoms with Crippen molar-refractivity contribution in [3.8, 4) is 10.6 Å². The SMILES string of the molecule is CC(C)c1ncc2c(n1)-c1sc(C(C)C)nc1CC2. The summed E-state index contributed by atoms with van der Waals surface area (Å²) in [5.74, 6) is 1.80. The van der Waals surface area contributed by atoms with Crippen LogP contribution in [0.5, 0.6) is 0 Å². The molecule has 3 rings (SSSR count). The fraction of sp³-hybridized carbons (Fsp3) is 0.533. The Morgan fingerprint density at radius 1 is 1.05 bits per heavy atom. The summed E-state index contributed by atoms with van der Waals surface area (Å²) in [5.41, 5.74) is 3.63. The molecule has 0 radical (unpaired) electrons. The second kappa shape index (κ2) is 4.67. The maximum absolute atomic E-state index is 4.79. The number of hydrogen-bond acceptors (Lipinski definition) is 4. The van der Waals surface area contributed by atoms with Crippen LogP contribution in [0.2, 0.25) is 0 Å². The topological polar surface area (TPSA) is 38.7 Å². The van der Waals surface area contributed by atoms with Gasteiger partial charge in [-0.3, -0.25) is 0 Å². The minimum absolute atomic E-state index is 0.369. The van der Waals surface area contributed by atoms with E-state index in [-0.39, 0.29) is 0 Å². The van der Waals surface area contributed by atoms with Crippen LogP contribution in [0.3, 0.4) is 0 Å². The molecule has 2 aromatic rings. The van der Waals surface area contributed by atoms with Crippen LogP contribution in [-0.4, -0.2) is 15.0 Å². The van der Waals surface area contributed by atoms with Crippen LogP contribution >= 0.6 is 11.3 Å². The second-order valence-electron chi connectivity index (χ2n) is 5.74. The third kappa shape index (κ3) is 2.18. The largest absolute Gasteiger partial charge is 0.245 e. The molecule has 0 N–H and O–H groups in total. The summed E-state index contributed by atoms with van der Waals surface area (Å²) in [6.45, 7) is 8.67. The van der Waals surface area contributed by atoms with Crippen molar-refractivity contribution in [2.24, 2.45) is 0 Å². The van der Waals surface area contributed by atoms with Gasteiger partial charge in [-0.2, -0.15) is 0 Å². The molecule has 0 atom stereocenters. The minimum Gasteiger partial charge on any atom is -0.245 e. The summed E-state index contributed by atoms with van der Waals surface area (Å²) >= 11 is 1.81. The Bertz CT molecular complexity index is 614. The van der Waals surface area contributed by atoms with Crippen molar-refractivity contribution in [2.75, 3.05) is 0 Å². The highest BCUT2D eigenvalue weighted by Gasteiger charge is 2.24. The van der Waals surface area contributed by atoms with Gasteiger partial charge < -0.3 is 0 Å². The van der Waals surface area contributed by atoms with Gasteiger partial charge in [0.2, 0.25) is 0 Å². The smallest absolute Gasteiger partial charge is 0.131 e. The molecule has 0 spiro atoms. The highest BCUT2D eigenvalue weighted by molar-refractivity contribution is 7.15. The fourth-order valence-corrected chi connectivity index (χ4v) is 3.44. The zero-order chi connectivity index (χ0) is 13.6. The third-order valence-corrected chi connectivity index (χ3v) is 4.86. The van der Waals surface area contributed by atoms with Gasteiger partial charge in [0.15, 0.2) is 0 Å². The predicted molar refractivity (Wildman–Crippen MR) is 78.7 cm³/mol. The zero-order valence-electron chi connectivity index (χ0n) is 11.9. The molecule has 0 bridgehead atoms. The molecular formula is C15H19N3S. The molecule has 2 heterocycles. The van der Waals surface area contributed by atoms with E-state index in [1.54, 1.807) is 11.3 Å². The van der Waals surface area contributed by atoms with Crippen molar-refractivity contribution in [2.45, 2.75) is 52.4 Å². The van der Waals surface area contributed by atoms with Crippen molar-refractivity contribution in [3.63, 3.8) is 0 Å². The van der Waals surface area contributed by atoms with E-state index in [9.17, 15) is 0 Å². The van der Waals surface area contributed by atoms with Gasteiger partial charge in [-0.05, 0) is 18.4 Å². The summed E-state index contributed by atoms with van der Waals surface area (Å²) in [6, 6.07) is 0. The van der Waals surface area contributed by atoms with E-state index in [4.69, 9.17) is 9.97 Å². The van der Waals surface area contributed by atoms with Gasteiger partial charge in [0.05, 0.1) is 21.3 Å². The Balaban J connectivity index is 2.13. The minimum atomic E-state index is 0.369. The first-order valence-corrected chi connectivity index (χ1v) is 7.73. The van der Waals surface area contributed by atoms with Gasteiger partial charge in [-0.1, -0.05) is 27.7 Å². The number of hydrogen-bond donors (Lipinski definition) is 0. The van der Waals surface area contributed by atoms with Crippen LogP contribution in [-0.2, 0) is 12.8 Å². The molecule has 2 aromatic heterocycles. The van der Waals surface area contributed by atoms with Crippen molar-refractivity contribution in [3.05, 3.63) is 28.3 Å². The lowest BCUT2D eigenvalue weighted by Gasteiger charge is -2.15. The molecule has 0 saturated heterocycles. The Morgan fingerprint density at radius 2 is 1.84 bits per heavy atom. The lowest BCUT2D eigenvalue weighted by Crippen LogP contribution is -2.08. The molecule has 4 heteroatoms. The maximum Gasteiger partial charge on any atom is 0.131 e. The lowest BCUT2D eigenvalue weighted by molar-refractivity contribution is 0.760. The van der Waals surface area contributed by atoms with Crippen LogP contribution in [0.1, 0.15) is 61.6 Å². The maximum atomic E-state index is 4.79. The molecule has 3 nitrogen and oxygen atoms in total. The van der Waals surface area contributed by atoms with Crippen molar-refractivity contribution < 1.29 is 0 Å². The van der Waals surface area contributed by atoms with E-state index in [0.717, 1.165) is 24.4 Å². The molecule has 19 heavy (non-hydrogen) atoms. The first-order chi connectivity index (χ1) is 9.06. The highest BCUT2D eigenvalue weighted by Crippen LogP contribution is 2.38. The van der Waals surface area contributed by atoms with Gasteiger partial charge in [0.1, 0.15) is 5.82 Å². The lowest BCUT2D eigenvalue weighted by atomic mass is 9.99. The zero-order valence-corrected chi connectivity index (χ0v) is 12.7. The molecule has 0 unspecified atom stereocenters. The second-order valence-corrected chi connectivity index (χ2v) is 6.77. The molecule has 0 amide bonds. The molecular weight excluding hydrogens is 254 g/mol. The van der Waals surface area contributed by atoms with Gasteiger partial charge in [0.25, 0.3) is 0 Å². The van der Waals surface area contributed by atoms with E-state index >= 15 is 0 Å². The van der Waals surface area contributed by atoms with E-state index in [2.05, 4.69) is 32.7 Å². The third-order valence-electron chi connectivity index (χ3n) is 3.45. The number of rotatable bonds is 2. The monoisotopic (exact) mass is 273 g/mol. The van der Waals surface area contributed by atoms with Crippen molar-refractivity contribution >= 4 is 11.3 Å². The van der Waals surface area contributed by atoms with E-state index < -0.39 is 0 Å². The number of thiazole rings is 1. The van der Waals surface area contributed by atoms with Crippen LogP contribution in [0.15, 0.2) is 6.20 Å².